The number of benzene rings is 1. The fourth-order valence-corrected chi connectivity index (χ4v) is 3.26. The molecule has 2 aromatic heterocycles. The standard InChI is InChI=1S/C19H25N5O3/c1-13(26)15(9-25)24-12-22-16-17(20-11-21-18(16)24)23(3)10-19(2,27)14-7-5-4-6-8-14/h4-8,11-13,15,25-27H,9-10H2,1-3H3/t13-,15-,19?/m1/s1. The van der Waals surface area contributed by atoms with E-state index >= 15 is 0 Å². The lowest BCUT2D eigenvalue weighted by molar-refractivity contribution is 0.0655. The molecule has 0 saturated carbocycles. The summed E-state index contributed by atoms with van der Waals surface area (Å²) in [5.74, 6) is 0.567. The van der Waals surface area contributed by atoms with E-state index in [0.29, 0.717) is 23.5 Å². The number of fused-ring (bicyclic) bond motifs is 1. The van der Waals surface area contributed by atoms with Crippen molar-refractivity contribution in [2.45, 2.75) is 31.6 Å². The summed E-state index contributed by atoms with van der Waals surface area (Å²) in [6.45, 7) is 3.43. The Kier molecular flexibility index (Phi) is 5.41. The van der Waals surface area contributed by atoms with Crippen molar-refractivity contribution in [2.24, 2.45) is 0 Å². The van der Waals surface area contributed by atoms with Gasteiger partial charge in [0.1, 0.15) is 11.9 Å². The van der Waals surface area contributed by atoms with E-state index in [1.165, 1.54) is 6.33 Å². The average Bonchev–Trinajstić information content (AvgIpc) is 3.06. The van der Waals surface area contributed by atoms with Crippen LogP contribution in [0.2, 0.25) is 0 Å². The molecule has 0 saturated heterocycles. The molecular weight excluding hydrogens is 346 g/mol. The number of aliphatic hydroxyl groups excluding tert-OH is 2. The molecule has 1 aromatic carbocycles. The summed E-state index contributed by atoms with van der Waals surface area (Å²) < 4.78 is 1.65. The van der Waals surface area contributed by atoms with Crippen LogP contribution in [-0.4, -0.2) is 61.1 Å². The van der Waals surface area contributed by atoms with Crippen molar-refractivity contribution in [1.82, 2.24) is 19.5 Å². The monoisotopic (exact) mass is 371 g/mol. The molecule has 3 rings (SSSR count). The van der Waals surface area contributed by atoms with Crippen LogP contribution in [0.15, 0.2) is 43.0 Å². The Morgan fingerprint density at radius 3 is 2.52 bits per heavy atom. The van der Waals surface area contributed by atoms with Crippen molar-refractivity contribution in [3.05, 3.63) is 48.5 Å². The van der Waals surface area contributed by atoms with E-state index in [-0.39, 0.29) is 6.61 Å². The molecule has 0 spiro atoms. The maximum atomic E-state index is 10.9. The van der Waals surface area contributed by atoms with E-state index in [4.69, 9.17) is 0 Å². The lowest BCUT2D eigenvalue weighted by Gasteiger charge is -2.30. The Morgan fingerprint density at radius 1 is 1.19 bits per heavy atom. The molecule has 8 nitrogen and oxygen atoms in total. The Labute approximate surface area is 157 Å². The number of imidazole rings is 1. The molecule has 144 valence electrons. The van der Waals surface area contributed by atoms with Crippen molar-refractivity contribution in [3.63, 3.8) is 0 Å². The minimum absolute atomic E-state index is 0.235. The Bertz CT molecular complexity index is 895. The molecule has 0 radical (unpaired) electrons. The van der Waals surface area contributed by atoms with Gasteiger partial charge in [0.05, 0.1) is 31.6 Å². The number of rotatable bonds is 7. The zero-order chi connectivity index (χ0) is 19.6. The first-order valence-corrected chi connectivity index (χ1v) is 8.80. The minimum Gasteiger partial charge on any atom is -0.394 e. The molecular formula is C19H25N5O3. The number of aliphatic hydroxyl groups is 3. The SMILES string of the molecule is C[C@@H](O)[C@@H](CO)n1cnc2c(N(C)CC(C)(O)c3ccccc3)ncnc21. The van der Waals surface area contributed by atoms with Gasteiger partial charge in [-0.2, -0.15) is 0 Å². The number of anilines is 1. The quantitative estimate of drug-likeness (QED) is 0.570. The Morgan fingerprint density at radius 2 is 1.89 bits per heavy atom. The maximum Gasteiger partial charge on any atom is 0.165 e. The molecule has 1 unspecified atom stereocenters. The lowest BCUT2D eigenvalue weighted by atomic mass is 9.95. The fourth-order valence-electron chi connectivity index (χ4n) is 3.26. The highest BCUT2D eigenvalue weighted by Crippen LogP contribution is 2.27. The third-order valence-corrected chi connectivity index (χ3v) is 4.74. The predicted octanol–water partition coefficient (Wildman–Crippen LogP) is 1.08. The summed E-state index contributed by atoms with van der Waals surface area (Å²) in [6.07, 6.45) is 2.20. The molecule has 2 heterocycles. The van der Waals surface area contributed by atoms with Crippen molar-refractivity contribution in [2.75, 3.05) is 25.1 Å². The van der Waals surface area contributed by atoms with Crippen molar-refractivity contribution >= 4 is 17.0 Å². The van der Waals surface area contributed by atoms with Crippen molar-refractivity contribution in [3.8, 4) is 0 Å². The summed E-state index contributed by atoms with van der Waals surface area (Å²) in [7, 11) is 1.83. The topological polar surface area (TPSA) is 108 Å². The molecule has 0 aliphatic rings. The normalized spacial score (nSPS) is 16.1. The Balaban J connectivity index is 1.94. The van der Waals surface area contributed by atoms with E-state index in [9.17, 15) is 15.3 Å². The van der Waals surface area contributed by atoms with Gasteiger partial charge < -0.3 is 24.8 Å². The van der Waals surface area contributed by atoms with Crippen LogP contribution in [0.5, 0.6) is 0 Å². The van der Waals surface area contributed by atoms with Gasteiger partial charge in [-0.3, -0.25) is 0 Å². The molecule has 3 aromatic rings. The second kappa shape index (κ2) is 7.59. The third-order valence-electron chi connectivity index (χ3n) is 4.74. The molecule has 0 aliphatic carbocycles. The summed E-state index contributed by atoms with van der Waals surface area (Å²) in [4.78, 5) is 14.8. The van der Waals surface area contributed by atoms with Crippen LogP contribution >= 0.6 is 0 Å². The van der Waals surface area contributed by atoms with Gasteiger partial charge in [0, 0.05) is 7.05 Å². The number of nitrogens with zero attached hydrogens (tertiary/aromatic N) is 5. The smallest absolute Gasteiger partial charge is 0.165 e. The summed E-state index contributed by atoms with van der Waals surface area (Å²) >= 11 is 0. The van der Waals surface area contributed by atoms with Gasteiger partial charge in [-0.1, -0.05) is 30.3 Å². The molecule has 0 fully saturated rings. The van der Waals surface area contributed by atoms with Crippen LogP contribution < -0.4 is 4.90 Å². The van der Waals surface area contributed by atoms with Gasteiger partial charge in [0.15, 0.2) is 17.0 Å². The average molecular weight is 371 g/mol. The highest BCUT2D eigenvalue weighted by molar-refractivity contribution is 5.83. The van der Waals surface area contributed by atoms with Crippen LogP contribution in [-0.2, 0) is 5.60 Å². The Hall–Kier alpha value is -2.55. The van der Waals surface area contributed by atoms with E-state index in [1.54, 1.807) is 24.7 Å². The molecule has 0 amide bonds. The molecule has 3 atom stereocenters. The lowest BCUT2D eigenvalue weighted by Crippen LogP contribution is -2.37. The van der Waals surface area contributed by atoms with Gasteiger partial charge in [0.2, 0.25) is 0 Å². The summed E-state index contributed by atoms with van der Waals surface area (Å²) in [5.41, 5.74) is 0.791. The van der Waals surface area contributed by atoms with Crippen LogP contribution in [0.25, 0.3) is 11.2 Å². The van der Waals surface area contributed by atoms with Crippen LogP contribution in [0.3, 0.4) is 0 Å². The highest BCUT2D eigenvalue weighted by Gasteiger charge is 2.27. The first-order chi connectivity index (χ1) is 12.8. The summed E-state index contributed by atoms with van der Waals surface area (Å²) in [5, 5.41) is 30.4. The number of likely N-dealkylation sites (N-methyl/N-ethyl adjacent to an activating group) is 1. The number of hydrogen-bond acceptors (Lipinski definition) is 7. The van der Waals surface area contributed by atoms with Gasteiger partial charge >= 0.3 is 0 Å². The first-order valence-electron chi connectivity index (χ1n) is 8.80. The third kappa shape index (κ3) is 3.78. The van der Waals surface area contributed by atoms with Crippen LogP contribution in [0.1, 0.15) is 25.5 Å². The number of aromatic nitrogens is 4. The van der Waals surface area contributed by atoms with Crippen molar-refractivity contribution in [1.29, 1.82) is 0 Å². The van der Waals surface area contributed by atoms with E-state index in [2.05, 4.69) is 15.0 Å². The predicted molar refractivity (Wildman–Crippen MR) is 102 cm³/mol. The van der Waals surface area contributed by atoms with E-state index < -0.39 is 17.7 Å². The van der Waals surface area contributed by atoms with Gasteiger partial charge in [-0.15, -0.1) is 0 Å². The van der Waals surface area contributed by atoms with Gasteiger partial charge in [-0.05, 0) is 19.4 Å². The second-order valence-corrected chi connectivity index (χ2v) is 7.01. The number of hydrogen-bond donors (Lipinski definition) is 3. The minimum atomic E-state index is -1.08. The first kappa shape index (κ1) is 19.2. The fraction of sp³-hybridized carbons (Fsp3) is 0.421. The zero-order valence-corrected chi connectivity index (χ0v) is 15.7. The van der Waals surface area contributed by atoms with Gasteiger partial charge in [-0.25, -0.2) is 15.0 Å². The summed E-state index contributed by atoms with van der Waals surface area (Å²) in [6, 6.07) is 8.90. The molecule has 0 bridgehead atoms. The zero-order valence-electron chi connectivity index (χ0n) is 15.7. The van der Waals surface area contributed by atoms with E-state index in [1.807, 2.05) is 42.3 Å². The molecule has 8 heteroatoms. The molecule has 27 heavy (non-hydrogen) atoms. The molecule has 3 N–H and O–H groups in total. The maximum absolute atomic E-state index is 10.9. The van der Waals surface area contributed by atoms with Gasteiger partial charge in [0.25, 0.3) is 0 Å². The van der Waals surface area contributed by atoms with Crippen molar-refractivity contribution < 1.29 is 15.3 Å². The molecule has 0 aliphatic heterocycles. The largest absolute Gasteiger partial charge is 0.394 e. The second-order valence-electron chi connectivity index (χ2n) is 7.01. The highest BCUT2D eigenvalue weighted by atomic mass is 16.3. The van der Waals surface area contributed by atoms with Crippen LogP contribution in [0.4, 0.5) is 5.82 Å². The van der Waals surface area contributed by atoms with Crippen LogP contribution in [0, 0.1) is 0 Å². The van der Waals surface area contributed by atoms with E-state index in [0.717, 1.165) is 5.56 Å².